The van der Waals surface area contributed by atoms with Crippen molar-refractivity contribution in [2.45, 2.75) is 18.9 Å². The van der Waals surface area contributed by atoms with Gasteiger partial charge in [-0.1, -0.05) is 12.1 Å². The molecule has 0 radical (unpaired) electrons. The number of nitrogens with zero attached hydrogens (tertiary/aromatic N) is 2. The van der Waals surface area contributed by atoms with Crippen LogP contribution in [0.4, 0.5) is 5.69 Å². The van der Waals surface area contributed by atoms with Crippen molar-refractivity contribution in [1.29, 1.82) is 0 Å². The number of hydrogen-bond donors (Lipinski definition) is 2. The molecule has 1 heterocycles. The van der Waals surface area contributed by atoms with Gasteiger partial charge in [0.25, 0.3) is 5.69 Å². The van der Waals surface area contributed by atoms with Crippen LogP contribution in [-0.2, 0) is 14.3 Å². The first-order valence-corrected chi connectivity index (χ1v) is 7.15. The molecule has 1 aliphatic heterocycles. The van der Waals surface area contributed by atoms with Crippen LogP contribution in [-0.4, -0.2) is 42.2 Å². The van der Waals surface area contributed by atoms with Crippen molar-refractivity contribution in [2.24, 2.45) is 5.10 Å². The maximum atomic E-state index is 11.5. The van der Waals surface area contributed by atoms with Gasteiger partial charge in [0, 0.05) is 24.8 Å². The number of hydrazone groups is 1. The van der Waals surface area contributed by atoms with Crippen LogP contribution in [0.1, 0.15) is 18.4 Å². The summed E-state index contributed by atoms with van der Waals surface area (Å²) in [6, 6.07) is 3.35. The summed E-state index contributed by atoms with van der Waals surface area (Å²) >= 11 is 0. The lowest BCUT2D eigenvalue weighted by Crippen LogP contribution is -2.41. The van der Waals surface area contributed by atoms with Gasteiger partial charge in [-0.3, -0.25) is 19.7 Å². The topological polar surface area (TPSA) is 146 Å². The van der Waals surface area contributed by atoms with Gasteiger partial charge < -0.3 is 15.2 Å². The number of carbonyl (C=O) groups is 2. The van der Waals surface area contributed by atoms with E-state index in [-0.39, 0.29) is 18.2 Å². The fourth-order valence-corrected chi connectivity index (χ4v) is 2.07. The summed E-state index contributed by atoms with van der Waals surface area (Å²) in [4.78, 5) is 32.9. The molecule has 1 fully saturated rings. The number of amides is 2. The van der Waals surface area contributed by atoms with Gasteiger partial charge in [-0.2, -0.15) is 5.10 Å². The molecule has 1 atom stereocenters. The first kappa shape index (κ1) is 17.3. The molecule has 1 saturated heterocycles. The molecule has 0 aromatic heterocycles. The molecule has 10 heteroatoms. The summed E-state index contributed by atoms with van der Waals surface area (Å²) < 4.78 is 5.31. The number of carbonyl (C=O) groups excluding carboxylic acids is 2. The second kappa shape index (κ2) is 8.02. The molecule has 2 N–H and O–H groups in total. The number of ether oxygens (including phenoxy) is 1. The zero-order valence-corrected chi connectivity index (χ0v) is 12.6. The van der Waals surface area contributed by atoms with Crippen molar-refractivity contribution in [2.75, 3.05) is 13.2 Å². The minimum absolute atomic E-state index is 0.0867. The SMILES string of the molecule is O=C(NC[C@@H]1CCCO1)C(=O)N/N=C\c1ccc([O-])c([N+](=O)[O-])c1. The van der Waals surface area contributed by atoms with E-state index in [0.29, 0.717) is 6.61 Å². The molecule has 24 heavy (non-hydrogen) atoms. The van der Waals surface area contributed by atoms with Crippen LogP contribution < -0.4 is 15.8 Å². The number of nitrogens with one attached hydrogen (secondary N) is 2. The van der Waals surface area contributed by atoms with Crippen LogP contribution in [0.5, 0.6) is 5.75 Å². The third-order valence-electron chi connectivity index (χ3n) is 3.28. The van der Waals surface area contributed by atoms with Crippen molar-refractivity contribution in [3.8, 4) is 5.75 Å². The Morgan fingerprint density at radius 3 is 2.88 bits per heavy atom. The zero-order valence-electron chi connectivity index (χ0n) is 12.6. The Morgan fingerprint density at radius 2 is 2.21 bits per heavy atom. The molecule has 1 aliphatic rings. The van der Waals surface area contributed by atoms with E-state index in [9.17, 15) is 24.8 Å². The molecular formula is C14H15N4O6-. The lowest BCUT2D eigenvalue weighted by molar-refractivity contribution is -0.398. The maximum absolute atomic E-state index is 11.5. The maximum Gasteiger partial charge on any atom is 0.329 e. The van der Waals surface area contributed by atoms with E-state index in [1.807, 2.05) is 5.43 Å². The summed E-state index contributed by atoms with van der Waals surface area (Å²) in [5.74, 6) is -2.56. The van der Waals surface area contributed by atoms with Gasteiger partial charge in [-0.25, -0.2) is 5.43 Å². The second-order valence-electron chi connectivity index (χ2n) is 5.03. The monoisotopic (exact) mass is 335 g/mol. The van der Waals surface area contributed by atoms with Crippen LogP contribution >= 0.6 is 0 Å². The Hall–Kier alpha value is -3.01. The fraction of sp³-hybridized carbons (Fsp3) is 0.357. The number of nitro benzene ring substituents is 1. The summed E-state index contributed by atoms with van der Waals surface area (Å²) in [5, 5.41) is 27.9. The molecular weight excluding hydrogens is 320 g/mol. The van der Waals surface area contributed by atoms with E-state index in [0.717, 1.165) is 31.2 Å². The lowest BCUT2D eigenvalue weighted by atomic mass is 10.2. The number of nitro groups is 1. The van der Waals surface area contributed by atoms with Crippen molar-refractivity contribution in [3.63, 3.8) is 0 Å². The van der Waals surface area contributed by atoms with Crippen molar-refractivity contribution in [3.05, 3.63) is 33.9 Å². The number of benzene rings is 1. The highest BCUT2D eigenvalue weighted by atomic mass is 16.6. The summed E-state index contributed by atoms with van der Waals surface area (Å²) in [5.41, 5.74) is 1.64. The summed E-state index contributed by atoms with van der Waals surface area (Å²) in [7, 11) is 0. The standard InChI is InChI=1S/C14H16N4O6/c19-12-4-3-9(6-11(12)18(22)23)7-16-17-14(21)13(20)15-8-10-2-1-5-24-10/h3-4,6-7,10,19H,1-2,5,8H2,(H,15,20)(H,17,21)/p-1/b16-7-/t10-/m0/s1. The minimum Gasteiger partial charge on any atom is -0.868 e. The van der Waals surface area contributed by atoms with Crippen LogP contribution in [0.25, 0.3) is 0 Å². The normalized spacial score (nSPS) is 16.9. The highest BCUT2D eigenvalue weighted by Gasteiger charge is 2.18. The van der Waals surface area contributed by atoms with Gasteiger partial charge in [-0.15, -0.1) is 0 Å². The van der Waals surface area contributed by atoms with Crippen LogP contribution in [0.2, 0.25) is 0 Å². The van der Waals surface area contributed by atoms with E-state index in [1.165, 1.54) is 6.07 Å². The number of rotatable bonds is 5. The van der Waals surface area contributed by atoms with E-state index >= 15 is 0 Å². The highest BCUT2D eigenvalue weighted by Crippen LogP contribution is 2.22. The molecule has 2 amide bonds. The minimum atomic E-state index is -0.973. The van der Waals surface area contributed by atoms with Gasteiger partial charge in [0.15, 0.2) is 0 Å². The van der Waals surface area contributed by atoms with E-state index in [4.69, 9.17) is 4.74 Å². The van der Waals surface area contributed by atoms with E-state index < -0.39 is 28.2 Å². The first-order valence-electron chi connectivity index (χ1n) is 7.15. The molecule has 10 nitrogen and oxygen atoms in total. The van der Waals surface area contributed by atoms with E-state index in [1.54, 1.807) is 0 Å². The molecule has 1 aromatic carbocycles. The van der Waals surface area contributed by atoms with Gasteiger partial charge in [0.2, 0.25) is 0 Å². The number of hydrogen-bond acceptors (Lipinski definition) is 7. The predicted octanol–water partition coefficient (Wildman–Crippen LogP) is -0.586. The molecule has 128 valence electrons. The van der Waals surface area contributed by atoms with Crippen molar-refractivity contribution in [1.82, 2.24) is 10.7 Å². The quantitative estimate of drug-likeness (QED) is 0.318. The summed E-state index contributed by atoms with van der Waals surface area (Å²) in [6.07, 6.45) is 2.76. The molecule has 0 bridgehead atoms. The van der Waals surface area contributed by atoms with Crippen LogP contribution in [0.3, 0.4) is 0 Å². The molecule has 0 unspecified atom stereocenters. The summed E-state index contributed by atoms with van der Waals surface area (Å²) in [6.45, 7) is 0.887. The molecule has 1 aromatic rings. The highest BCUT2D eigenvalue weighted by molar-refractivity contribution is 6.35. The Labute approximate surface area is 136 Å². The largest absolute Gasteiger partial charge is 0.868 e. The Morgan fingerprint density at radius 1 is 1.42 bits per heavy atom. The van der Waals surface area contributed by atoms with Crippen LogP contribution in [0.15, 0.2) is 23.3 Å². The van der Waals surface area contributed by atoms with Gasteiger partial charge in [-0.05, 0) is 18.6 Å². The average Bonchev–Trinajstić information content (AvgIpc) is 3.07. The lowest BCUT2D eigenvalue weighted by Gasteiger charge is -2.09. The zero-order chi connectivity index (χ0) is 17.5. The smallest absolute Gasteiger partial charge is 0.329 e. The molecule has 0 aliphatic carbocycles. The van der Waals surface area contributed by atoms with Crippen molar-refractivity contribution < 1.29 is 24.4 Å². The third kappa shape index (κ3) is 4.74. The van der Waals surface area contributed by atoms with Gasteiger partial charge in [0.1, 0.15) is 0 Å². The molecule has 0 spiro atoms. The Bertz CT molecular complexity index is 669. The van der Waals surface area contributed by atoms with Gasteiger partial charge in [0.05, 0.1) is 17.2 Å². The van der Waals surface area contributed by atoms with E-state index in [2.05, 4.69) is 10.4 Å². The fourth-order valence-electron chi connectivity index (χ4n) is 2.07. The van der Waals surface area contributed by atoms with Crippen LogP contribution in [0, 0.1) is 10.1 Å². The first-order chi connectivity index (χ1) is 11.5. The van der Waals surface area contributed by atoms with Gasteiger partial charge >= 0.3 is 11.8 Å². The predicted molar refractivity (Wildman–Crippen MR) is 80.3 cm³/mol. The molecule has 2 rings (SSSR count). The average molecular weight is 335 g/mol. The Balaban J connectivity index is 1.84. The van der Waals surface area contributed by atoms with Crippen molar-refractivity contribution >= 4 is 23.7 Å². The second-order valence-corrected chi connectivity index (χ2v) is 5.03. The Kier molecular flexibility index (Phi) is 5.79. The third-order valence-corrected chi connectivity index (χ3v) is 3.28. The molecule has 0 saturated carbocycles.